The predicted molar refractivity (Wildman–Crippen MR) is 57.3 cm³/mol. The zero-order valence-electron chi connectivity index (χ0n) is 8.26. The highest BCUT2D eigenvalue weighted by atomic mass is 35.5. The van der Waals surface area contributed by atoms with Gasteiger partial charge in [0.15, 0.2) is 0 Å². The molecular formula is C11H8ClFN2O. The molecule has 5 heteroatoms. The summed E-state index contributed by atoms with van der Waals surface area (Å²) in [5.74, 6) is -0.899. The Morgan fingerprint density at radius 3 is 2.81 bits per heavy atom. The van der Waals surface area contributed by atoms with E-state index in [-0.39, 0.29) is 10.7 Å². The Labute approximate surface area is 96.8 Å². The molecule has 3 nitrogen and oxygen atoms in total. The molecule has 0 saturated heterocycles. The number of carbonyl (C=O) groups excluding carboxylic acids is 1. The number of anilines is 1. The van der Waals surface area contributed by atoms with E-state index in [0.29, 0.717) is 12.8 Å². The van der Waals surface area contributed by atoms with Crippen molar-refractivity contribution in [2.45, 2.75) is 12.8 Å². The molecule has 1 aromatic carbocycles. The summed E-state index contributed by atoms with van der Waals surface area (Å²) in [6, 6.07) is 5.65. The van der Waals surface area contributed by atoms with Gasteiger partial charge in [0.05, 0.1) is 16.8 Å². The average Bonchev–Trinajstić information content (AvgIpc) is 3.04. The van der Waals surface area contributed by atoms with Crippen LogP contribution >= 0.6 is 11.6 Å². The molecule has 0 aliphatic heterocycles. The van der Waals surface area contributed by atoms with Crippen LogP contribution in [0.15, 0.2) is 18.2 Å². The second-order valence-corrected chi connectivity index (χ2v) is 4.18. The van der Waals surface area contributed by atoms with Gasteiger partial charge in [-0.15, -0.1) is 0 Å². The van der Waals surface area contributed by atoms with Gasteiger partial charge in [-0.1, -0.05) is 11.6 Å². The number of nitrogens with zero attached hydrogens (tertiary/aromatic N) is 1. The van der Waals surface area contributed by atoms with E-state index in [1.54, 1.807) is 0 Å². The predicted octanol–water partition coefficient (Wildman–Crippen LogP) is 2.72. The van der Waals surface area contributed by atoms with Crippen molar-refractivity contribution < 1.29 is 9.18 Å². The molecule has 0 spiro atoms. The Morgan fingerprint density at radius 2 is 2.25 bits per heavy atom. The minimum Gasteiger partial charge on any atom is -0.323 e. The lowest BCUT2D eigenvalue weighted by Crippen LogP contribution is -2.22. The first kappa shape index (κ1) is 10.9. The van der Waals surface area contributed by atoms with Gasteiger partial charge < -0.3 is 5.32 Å². The molecule has 0 bridgehead atoms. The van der Waals surface area contributed by atoms with Crippen LogP contribution in [0.4, 0.5) is 10.1 Å². The summed E-state index contributed by atoms with van der Waals surface area (Å²) in [6.07, 6.45) is 1.09. The van der Waals surface area contributed by atoms with Gasteiger partial charge in [-0.3, -0.25) is 4.79 Å². The number of rotatable bonds is 2. The molecule has 1 aromatic rings. The van der Waals surface area contributed by atoms with Crippen LogP contribution in [0.5, 0.6) is 0 Å². The zero-order chi connectivity index (χ0) is 11.8. The van der Waals surface area contributed by atoms with E-state index in [2.05, 4.69) is 5.32 Å². The summed E-state index contributed by atoms with van der Waals surface area (Å²) >= 11 is 5.79. The van der Waals surface area contributed by atoms with Gasteiger partial charge in [0.2, 0.25) is 5.91 Å². The molecule has 1 amide bonds. The van der Waals surface area contributed by atoms with Crippen LogP contribution in [0.2, 0.25) is 5.02 Å². The van der Waals surface area contributed by atoms with Crippen molar-refractivity contribution in [2.75, 3.05) is 5.32 Å². The second-order valence-electron chi connectivity index (χ2n) is 3.77. The Balaban J connectivity index is 2.19. The lowest BCUT2D eigenvalue weighted by atomic mass is 10.1. The first-order valence-corrected chi connectivity index (χ1v) is 5.13. The summed E-state index contributed by atoms with van der Waals surface area (Å²) < 4.78 is 12.9. The highest BCUT2D eigenvalue weighted by Gasteiger charge is 2.50. The van der Waals surface area contributed by atoms with E-state index < -0.39 is 17.1 Å². The summed E-state index contributed by atoms with van der Waals surface area (Å²) in [6.45, 7) is 0. The van der Waals surface area contributed by atoms with E-state index in [0.717, 1.165) is 6.07 Å². The monoisotopic (exact) mass is 238 g/mol. The quantitative estimate of drug-likeness (QED) is 0.861. The minimum absolute atomic E-state index is 0.202. The zero-order valence-corrected chi connectivity index (χ0v) is 9.01. The van der Waals surface area contributed by atoms with Gasteiger partial charge in [0, 0.05) is 0 Å². The molecule has 0 radical (unpaired) electrons. The molecule has 0 heterocycles. The van der Waals surface area contributed by atoms with E-state index in [4.69, 9.17) is 16.9 Å². The molecule has 0 aromatic heterocycles. The Kier molecular flexibility index (Phi) is 2.56. The SMILES string of the molecule is N#CC1(C(=O)Nc2cc(F)ccc2Cl)CC1. The molecule has 82 valence electrons. The Morgan fingerprint density at radius 1 is 1.56 bits per heavy atom. The average molecular weight is 239 g/mol. The van der Waals surface area contributed by atoms with Crippen LogP contribution in [0.3, 0.4) is 0 Å². The second kappa shape index (κ2) is 3.76. The van der Waals surface area contributed by atoms with Gasteiger partial charge in [-0.05, 0) is 31.0 Å². The fourth-order valence-electron chi connectivity index (χ4n) is 1.35. The highest BCUT2D eigenvalue weighted by Crippen LogP contribution is 2.46. The van der Waals surface area contributed by atoms with E-state index >= 15 is 0 Å². The topological polar surface area (TPSA) is 52.9 Å². The molecule has 0 unspecified atom stereocenters. The van der Waals surface area contributed by atoms with Crippen molar-refractivity contribution in [3.8, 4) is 6.07 Å². The van der Waals surface area contributed by atoms with Gasteiger partial charge in [0.25, 0.3) is 0 Å². The van der Waals surface area contributed by atoms with Crippen LogP contribution < -0.4 is 5.32 Å². The van der Waals surface area contributed by atoms with Crippen LogP contribution in [-0.4, -0.2) is 5.91 Å². The van der Waals surface area contributed by atoms with Gasteiger partial charge in [-0.25, -0.2) is 4.39 Å². The van der Waals surface area contributed by atoms with Crippen LogP contribution in [-0.2, 0) is 4.79 Å². The largest absolute Gasteiger partial charge is 0.323 e. The molecule has 0 atom stereocenters. The summed E-state index contributed by atoms with van der Waals surface area (Å²) in [7, 11) is 0. The fourth-order valence-corrected chi connectivity index (χ4v) is 1.51. The van der Waals surface area contributed by atoms with Crippen molar-refractivity contribution in [3.05, 3.63) is 29.0 Å². The van der Waals surface area contributed by atoms with Gasteiger partial charge in [-0.2, -0.15) is 5.26 Å². The van der Waals surface area contributed by atoms with Gasteiger partial charge in [0.1, 0.15) is 11.2 Å². The number of halogens is 2. The standard InChI is InChI=1S/C11H8ClFN2O/c12-8-2-1-7(13)5-9(8)15-10(16)11(6-14)3-4-11/h1-2,5H,3-4H2,(H,15,16). The molecule has 1 aliphatic rings. The molecule has 1 N–H and O–H groups in total. The van der Waals surface area contributed by atoms with Crippen LogP contribution in [0, 0.1) is 22.6 Å². The van der Waals surface area contributed by atoms with Crippen LogP contribution in [0.25, 0.3) is 0 Å². The summed E-state index contributed by atoms with van der Waals surface area (Å²) in [4.78, 5) is 11.7. The summed E-state index contributed by atoms with van der Waals surface area (Å²) in [5, 5.41) is 11.5. The number of benzene rings is 1. The normalized spacial score (nSPS) is 16.3. The third kappa shape index (κ3) is 1.86. The molecule has 1 saturated carbocycles. The molecule has 1 fully saturated rings. The molecule has 2 rings (SSSR count). The lowest BCUT2D eigenvalue weighted by Gasteiger charge is -2.09. The van der Waals surface area contributed by atoms with Crippen molar-refractivity contribution >= 4 is 23.2 Å². The van der Waals surface area contributed by atoms with E-state index in [1.807, 2.05) is 6.07 Å². The number of carbonyl (C=O) groups is 1. The number of nitrogens with one attached hydrogen (secondary N) is 1. The van der Waals surface area contributed by atoms with Crippen molar-refractivity contribution in [2.24, 2.45) is 5.41 Å². The number of hydrogen-bond donors (Lipinski definition) is 1. The maximum atomic E-state index is 12.9. The van der Waals surface area contributed by atoms with E-state index in [9.17, 15) is 9.18 Å². The van der Waals surface area contributed by atoms with Crippen molar-refractivity contribution in [3.63, 3.8) is 0 Å². The first-order valence-electron chi connectivity index (χ1n) is 4.75. The van der Waals surface area contributed by atoms with Crippen molar-refractivity contribution in [1.29, 1.82) is 5.26 Å². The maximum Gasteiger partial charge on any atom is 0.244 e. The van der Waals surface area contributed by atoms with Crippen LogP contribution in [0.1, 0.15) is 12.8 Å². The third-order valence-corrected chi connectivity index (χ3v) is 2.90. The first-order chi connectivity index (χ1) is 7.57. The third-order valence-electron chi connectivity index (χ3n) is 2.58. The van der Waals surface area contributed by atoms with Gasteiger partial charge >= 0.3 is 0 Å². The smallest absolute Gasteiger partial charge is 0.244 e. The maximum absolute atomic E-state index is 12.9. The lowest BCUT2D eigenvalue weighted by molar-refractivity contribution is -0.119. The number of amides is 1. The molecule has 16 heavy (non-hydrogen) atoms. The number of nitriles is 1. The van der Waals surface area contributed by atoms with E-state index in [1.165, 1.54) is 12.1 Å². The molecular weight excluding hydrogens is 231 g/mol. The number of hydrogen-bond acceptors (Lipinski definition) is 2. The van der Waals surface area contributed by atoms with Crippen molar-refractivity contribution in [1.82, 2.24) is 0 Å². The Bertz CT molecular complexity index is 491. The Hall–Kier alpha value is -1.60. The summed E-state index contributed by atoms with van der Waals surface area (Å²) in [5.41, 5.74) is -0.733. The minimum atomic E-state index is -0.935. The molecule has 1 aliphatic carbocycles. The fraction of sp³-hybridized carbons (Fsp3) is 0.273. The highest BCUT2D eigenvalue weighted by molar-refractivity contribution is 6.33.